The van der Waals surface area contributed by atoms with E-state index in [0.29, 0.717) is 0 Å². The Morgan fingerprint density at radius 2 is 2.00 bits per heavy atom. The minimum Gasteiger partial charge on any atom is -0.382 e. The van der Waals surface area contributed by atoms with Gasteiger partial charge in [-0.2, -0.15) is 0 Å². The lowest BCUT2D eigenvalue weighted by Crippen LogP contribution is -1.91. The van der Waals surface area contributed by atoms with Gasteiger partial charge in [0.2, 0.25) is 0 Å². The zero-order valence-electron chi connectivity index (χ0n) is 6.94. The van der Waals surface area contributed by atoms with Crippen molar-refractivity contribution in [3.63, 3.8) is 0 Å². The topological polar surface area (TPSA) is 9.23 Å². The van der Waals surface area contributed by atoms with E-state index < -0.39 is 0 Å². The quantitative estimate of drug-likeness (QED) is 0.430. The Morgan fingerprint density at radius 1 is 1.20 bits per heavy atom. The summed E-state index contributed by atoms with van der Waals surface area (Å²) >= 11 is 0. The Morgan fingerprint density at radius 3 is 2.60 bits per heavy atom. The van der Waals surface area contributed by atoms with E-state index in [-0.39, 0.29) is 0 Å². The van der Waals surface area contributed by atoms with Crippen molar-refractivity contribution in [1.29, 1.82) is 0 Å². The predicted octanol–water partition coefficient (Wildman–Crippen LogP) is 2.22. The van der Waals surface area contributed by atoms with Crippen molar-refractivity contribution in [2.24, 2.45) is 0 Å². The summed E-state index contributed by atoms with van der Waals surface area (Å²) in [5.74, 6) is 6.08. The zero-order chi connectivity index (χ0) is 7.66. The molecule has 0 fully saturated rings. The summed E-state index contributed by atoms with van der Waals surface area (Å²) in [5, 5.41) is 0. The Labute approximate surface area is 63.8 Å². The fraction of sp³-hybridized carbons (Fsp3) is 0.778. The lowest BCUT2D eigenvalue weighted by Gasteiger charge is -1.94. The van der Waals surface area contributed by atoms with Crippen LogP contribution in [0.25, 0.3) is 0 Å². The van der Waals surface area contributed by atoms with Crippen LogP contribution >= 0.6 is 0 Å². The van der Waals surface area contributed by atoms with Crippen LogP contribution in [0.15, 0.2) is 0 Å². The van der Waals surface area contributed by atoms with Gasteiger partial charge in [-0.15, -0.1) is 11.8 Å². The van der Waals surface area contributed by atoms with E-state index in [1.807, 2.05) is 6.92 Å². The summed E-state index contributed by atoms with van der Waals surface area (Å²) in [4.78, 5) is 0. The fourth-order valence-electron chi connectivity index (χ4n) is 0.620. The minimum absolute atomic E-state index is 0.821. The summed E-state index contributed by atoms with van der Waals surface area (Å²) in [7, 11) is 0. The summed E-state index contributed by atoms with van der Waals surface area (Å²) in [6, 6.07) is 0. The molecule has 0 aromatic carbocycles. The third kappa shape index (κ3) is 7.52. The maximum Gasteiger partial charge on any atom is 0.0474 e. The second-order valence-corrected chi connectivity index (χ2v) is 2.01. The molecule has 0 aromatic heterocycles. The Bertz CT molecular complexity index is 108. The largest absolute Gasteiger partial charge is 0.382 e. The summed E-state index contributed by atoms with van der Waals surface area (Å²) in [6.07, 6.45) is 3.02. The highest BCUT2D eigenvalue weighted by atomic mass is 16.5. The number of ether oxygens (including phenoxy) is 1. The van der Waals surface area contributed by atoms with Crippen LogP contribution in [0.3, 0.4) is 0 Å². The molecule has 0 saturated carbocycles. The molecule has 58 valence electrons. The van der Waals surface area contributed by atoms with Gasteiger partial charge in [0, 0.05) is 26.1 Å². The number of rotatable bonds is 4. The van der Waals surface area contributed by atoms with Crippen molar-refractivity contribution in [2.75, 3.05) is 13.2 Å². The maximum absolute atomic E-state index is 5.15. The van der Waals surface area contributed by atoms with Crippen LogP contribution in [-0.2, 0) is 4.74 Å². The highest BCUT2D eigenvalue weighted by molar-refractivity contribution is 4.97. The minimum atomic E-state index is 0.821. The second-order valence-electron chi connectivity index (χ2n) is 2.01. The molecule has 0 saturated heterocycles. The van der Waals surface area contributed by atoms with Gasteiger partial charge in [-0.05, 0) is 13.3 Å². The molecule has 1 nitrogen and oxygen atoms in total. The SMILES string of the molecule is CCC#CCCCOCC. The summed E-state index contributed by atoms with van der Waals surface area (Å²) < 4.78 is 5.15. The van der Waals surface area contributed by atoms with Gasteiger partial charge in [-0.1, -0.05) is 6.92 Å². The van der Waals surface area contributed by atoms with Gasteiger partial charge in [0.1, 0.15) is 0 Å². The molecule has 0 aliphatic carbocycles. The van der Waals surface area contributed by atoms with Crippen molar-refractivity contribution >= 4 is 0 Å². The van der Waals surface area contributed by atoms with E-state index in [0.717, 1.165) is 32.5 Å². The first-order valence-corrected chi connectivity index (χ1v) is 3.95. The molecule has 0 spiro atoms. The van der Waals surface area contributed by atoms with E-state index in [4.69, 9.17) is 4.74 Å². The average Bonchev–Trinajstić information content (AvgIpc) is 1.97. The number of hydrogen-bond donors (Lipinski definition) is 0. The third-order valence-corrected chi connectivity index (χ3v) is 1.10. The van der Waals surface area contributed by atoms with Crippen molar-refractivity contribution in [3.05, 3.63) is 0 Å². The molecule has 0 aromatic rings. The zero-order valence-corrected chi connectivity index (χ0v) is 6.94. The second kappa shape index (κ2) is 8.52. The molecular weight excluding hydrogens is 124 g/mol. The van der Waals surface area contributed by atoms with E-state index in [1.54, 1.807) is 0 Å². The molecular formula is C9H16O. The standard InChI is InChI=1S/C9H16O/c1-3-5-6-7-8-9-10-4-2/h3-4,7-9H2,1-2H3. The monoisotopic (exact) mass is 140 g/mol. The van der Waals surface area contributed by atoms with E-state index in [2.05, 4.69) is 18.8 Å². The van der Waals surface area contributed by atoms with Crippen LogP contribution in [0.2, 0.25) is 0 Å². The molecule has 0 N–H and O–H groups in total. The smallest absolute Gasteiger partial charge is 0.0474 e. The Hall–Kier alpha value is -0.480. The fourth-order valence-corrected chi connectivity index (χ4v) is 0.620. The highest BCUT2D eigenvalue weighted by Gasteiger charge is 1.81. The van der Waals surface area contributed by atoms with Crippen LogP contribution < -0.4 is 0 Å². The average molecular weight is 140 g/mol. The predicted molar refractivity (Wildman–Crippen MR) is 43.8 cm³/mol. The van der Waals surface area contributed by atoms with Crippen LogP contribution in [0.1, 0.15) is 33.1 Å². The lowest BCUT2D eigenvalue weighted by atomic mass is 10.3. The molecule has 1 heteroatoms. The van der Waals surface area contributed by atoms with Crippen LogP contribution in [0.4, 0.5) is 0 Å². The van der Waals surface area contributed by atoms with Crippen molar-refractivity contribution in [1.82, 2.24) is 0 Å². The molecule has 0 atom stereocenters. The Kier molecular flexibility index (Phi) is 8.11. The molecule has 0 heterocycles. The van der Waals surface area contributed by atoms with Gasteiger partial charge in [0.25, 0.3) is 0 Å². The summed E-state index contributed by atoms with van der Waals surface area (Å²) in [6.45, 7) is 5.75. The molecule has 0 rings (SSSR count). The Balaban J connectivity index is 2.90. The van der Waals surface area contributed by atoms with Gasteiger partial charge in [0.15, 0.2) is 0 Å². The molecule has 0 radical (unpaired) electrons. The van der Waals surface area contributed by atoms with Crippen molar-refractivity contribution in [2.45, 2.75) is 33.1 Å². The molecule has 10 heavy (non-hydrogen) atoms. The van der Waals surface area contributed by atoms with Gasteiger partial charge in [0.05, 0.1) is 0 Å². The molecule has 0 aliphatic heterocycles. The van der Waals surface area contributed by atoms with Crippen LogP contribution in [0.5, 0.6) is 0 Å². The highest BCUT2D eigenvalue weighted by Crippen LogP contribution is 1.87. The first-order chi connectivity index (χ1) is 4.91. The van der Waals surface area contributed by atoms with Gasteiger partial charge in [-0.3, -0.25) is 0 Å². The van der Waals surface area contributed by atoms with Crippen LogP contribution in [0, 0.1) is 11.8 Å². The summed E-state index contributed by atoms with van der Waals surface area (Å²) in [5.41, 5.74) is 0. The van der Waals surface area contributed by atoms with E-state index in [9.17, 15) is 0 Å². The third-order valence-electron chi connectivity index (χ3n) is 1.10. The molecule has 0 aliphatic rings. The van der Waals surface area contributed by atoms with Gasteiger partial charge < -0.3 is 4.74 Å². The van der Waals surface area contributed by atoms with Crippen LogP contribution in [-0.4, -0.2) is 13.2 Å². The molecule has 0 unspecified atom stereocenters. The maximum atomic E-state index is 5.15. The number of unbranched alkanes of at least 4 members (excludes halogenated alkanes) is 1. The van der Waals surface area contributed by atoms with E-state index in [1.165, 1.54) is 0 Å². The normalized spacial score (nSPS) is 8.60. The van der Waals surface area contributed by atoms with Crippen molar-refractivity contribution < 1.29 is 4.74 Å². The van der Waals surface area contributed by atoms with Gasteiger partial charge >= 0.3 is 0 Å². The lowest BCUT2D eigenvalue weighted by molar-refractivity contribution is 0.146. The van der Waals surface area contributed by atoms with Gasteiger partial charge in [-0.25, -0.2) is 0 Å². The first-order valence-electron chi connectivity index (χ1n) is 3.95. The number of hydrogen-bond acceptors (Lipinski definition) is 1. The van der Waals surface area contributed by atoms with Crippen molar-refractivity contribution in [3.8, 4) is 11.8 Å². The van der Waals surface area contributed by atoms with E-state index >= 15 is 0 Å². The first kappa shape index (κ1) is 9.52. The molecule has 0 amide bonds. The molecule has 0 bridgehead atoms.